The molecule has 4 nitrogen and oxygen atoms in total. The van der Waals surface area contributed by atoms with Gasteiger partial charge < -0.3 is 19.9 Å². The molecule has 0 heterocycles. The molecule has 0 aliphatic carbocycles. The summed E-state index contributed by atoms with van der Waals surface area (Å²) in [6, 6.07) is 12.1. The molecule has 0 radical (unpaired) electrons. The molecule has 0 spiro atoms. The van der Waals surface area contributed by atoms with Crippen molar-refractivity contribution >= 4 is 0 Å². The van der Waals surface area contributed by atoms with Gasteiger partial charge in [0.15, 0.2) is 11.5 Å². The number of rotatable bonds is 8. The highest BCUT2D eigenvalue weighted by molar-refractivity contribution is 5.51. The summed E-state index contributed by atoms with van der Waals surface area (Å²) < 4.78 is 30.3. The zero-order valence-electron chi connectivity index (χ0n) is 13.4. The Bertz CT molecular complexity index is 611. The summed E-state index contributed by atoms with van der Waals surface area (Å²) in [5.74, 6) is 1.40. The molecule has 2 aromatic carbocycles. The van der Waals surface area contributed by atoms with E-state index in [4.69, 9.17) is 19.9 Å². The SMILES string of the molecule is COc1cccc(OC)c1OCCC(CN)c1ccccc1F. The second-order valence-corrected chi connectivity index (χ2v) is 5.08. The highest BCUT2D eigenvalue weighted by Gasteiger charge is 2.16. The number of ether oxygens (including phenoxy) is 3. The van der Waals surface area contributed by atoms with Crippen LogP contribution in [0.25, 0.3) is 0 Å². The summed E-state index contributed by atoms with van der Waals surface area (Å²) in [7, 11) is 3.15. The number of para-hydroxylation sites is 1. The predicted molar refractivity (Wildman–Crippen MR) is 87.9 cm³/mol. The molecule has 0 saturated heterocycles. The summed E-state index contributed by atoms with van der Waals surface area (Å²) in [6.07, 6.45) is 0.596. The maximum Gasteiger partial charge on any atom is 0.203 e. The lowest BCUT2D eigenvalue weighted by molar-refractivity contribution is 0.262. The van der Waals surface area contributed by atoms with E-state index in [-0.39, 0.29) is 11.7 Å². The Morgan fingerprint density at radius 1 is 1.00 bits per heavy atom. The number of benzene rings is 2. The third-order valence-electron chi connectivity index (χ3n) is 3.72. The minimum Gasteiger partial charge on any atom is -0.493 e. The Balaban J connectivity index is 2.05. The van der Waals surface area contributed by atoms with Crippen LogP contribution in [-0.4, -0.2) is 27.4 Å². The fourth-order valence-electron chi connectivity index (χ4n) is 2.47. The fourth-order valence-corrected chi connectivity index (χ4v) is 2.47. The van der Waals surface area contributed by atoms with E-state index >= 15 is 0 Å². The molecule has 0 aliphatic heterocycles. The molecule has 1 unspecified atom stereocenters. The molecule has 23 heavy (non-hydrogen) atoms. The summed E-state index contributed by atoms with van der Waals surface area (Å²) in [4.78, 5) is 0. The van der Waals surface area contributed by atoms with Crippen molar-refractivity contribution in [2.45, 2.75) is 12.3 Å². The molecule has 5 heteroatoms. The van der Waals surface area contributed by atoms with Crippen LogP contribution in [0.15, 0.2) is 42.5 Å². The molecule has 0 aliphatic rings. The zero-order valence-corrected chi connectivity index (χ0v) is 13.4. The molecule has 1 atom stereocenters. The largest absolute Gasteiger partial charge is 0.493 e. The number of methoxy groups -OCH3 is 2. The smallest absolute Gasteiger partial charge is 0.203 e. The molecular weight excluding hydrogens is 297 g/mol. The first-order valence-corrected chi connectivity index (χ1v) is 7.49. The summed E-state index contributed by atoms with van der Waals surface area (Å²) in [5, 5.41) is 0. The van der Waals surface area contributed by atoms with Crippen LogP contribution >= 0.6 is 0 Å². The van der Waals surface area contributed by atoms with Gasteiger partial charge in [-0.05, 0) is 36.7 Å². The molecule has 124 valence electrons. The van der Waals surface area contributed by atoms with Crippen LogP contribution in [0.5, 0.6) is 17.2 Å². The van der Waals surface area contributed by atoms with Crippen LogP contribution in [0.3, 0.4) is 0 Å². The molecule has 0 saturated carbocycles. The van der Waals surface area contributed by atoms with Crippen molar-refractivity contribution < 1.29 is 18.6 Å². The van der Waals surface area contributed by atoms with Crippen molar-refractivity contribution in [3.05, 3.63) is 53.8 Å². The minimum atomic E-state index is -0.238. The van der Waals surface area contributed by atoms with Crippen molar-refractivity contribution in [1.82, 2.24) is 0 Å². The van der Waals surface area contributed by atoms with Crippen molar-refractivity contribution in [2.24, 2.45) is 5.73 Å². The van der Waals surface area contributed by atoms with Crippen LogP contribution in [0.2, 0.25) is 0 Å². The lowest BCUT2D eigenvalue weighted by Gasteiger charge is -2.18. The molecule has 0 aromatic heterocycles. The lowest BCUT2D eigenvalue weighted by atomic mass is 9.96. The van der Waals surface area contributed by atoms with Crippen molar-refractivity contribution in [3.8, 4) is 17.2 Å². The van der Waals surface area contributed by atoms with Crippen LogP contribution in [0, 0.1) is 5.82 Å². The normalized spacial score (nSPS) is 11.8. The average molecular weight is 319 g/mol. The number of hydrogen-bond donors (Lipinski definition) is 1. The Morgan fingerprint density at radius 3 is 2.22 bits per heavy atom. The van der Waals surface area contributed by atoms with Crippen molar-refractivity contribution in [1.29, 1.82) is 0 Å². The number of nitrogens with two attached hydrogens (primary N) is 1. The Kier molecular flexibility index (Phi) is 6.23. The van der Waals surface area contributed by atoms with E-state index in [2.05, 4.69) is 0 Å². The van der Waals surface area contributed by atoms with Gasteiger partial charge in [0, 0.05) is 5.92 Å². The zero-order chi connectivity index (χ0) is 16.7. The number of hydrogen-bond acceptors (Lipinski definition) is 4. The van der Waals surface area contributed by atoms with E-state index in [1.165, 1.54) is 6.07 Å². The first-order chi connectivity index (χ1) is 11.2. The lowest BCUT2D eigenvalue weighted by Crippen LogP contribution is -2.17. The minimum absolute atomic E-state index is 0.100. The number of halogens is 1. The van der Waals surface area contributed by atoms with Gasteiger partial charge >= 0.3 is 0 Å². The quantitative estimate of drug-likeness (QED) is 0.810. The van der Waals surface area contributed by atoms with E-state index < -0.39 is 0 Å². The van der Waals surface area contributed by atoms with Gasteiger partial charge in [-0.1, -0.05) is 24.3 Å². The molecule has 2 N–H and O–H groups in total. The van der Waals surface area contributed by atoms with Gasteiger partial charge in [0.25, 0.3) is 0 Å². The van der Waals surface area contributed by atoms with Crippen LogP contribution in [-0.2, 0) is 0 Å². The third-order valence-corrected chi connectivity index (χ3v) is 3.72. The van der Waals surface area contributed by atoms with Crippen LogP contribution in [0.1, 0.15) is 17.9 Å². The highest BCUT2D eigenvalue weighted by Crippen LogP contribution is 2.37. The van der Waals surface area contributed by atoms with Gasteiger partial charge in [-0.3, -0.25) is 0 Å². The highest BCUT2D eigenvalue weighted by atomic mass is 19.1. The molecule has 2 rings (SSSR count). The predicted octanol–water partition coefficient (Wildman–Crippen LogP) is 3.35. The second-order valence-electron chi connectivity index (χ2n) is 5.08. The maximum absolute atomic E-state index is 13.9. The molecule has 0 bridgehead atoms. The second kappa shape index (κ2) is 8.39. The van der Waals surface area contributed by atoms with Gasteiger partial charge in [-0.25, -0.2) is 4.39 Å². The van der Waals surface area contributed by atoms with E-state index in [0.29, 0.717) is 42.4 Å². The monoisotopic (exact) mass is 319 g/mol. The summed E-state index contributed by atoms with van der Waals surface area (Å²) >= 11 is 0. The summed E-state index contributed by atoms with van der Waals surface area (Å²) in [6.45, 7) is 0.736. The Morgan fingerprint density at radius 2 is 1.65 bits per heavy atom. The maximum atomic E-state index is 13.9. The van der Waals surface area contributed by atoms with Crippen LogP contribution in [0.4, 0.5) is 4.39 Å². The summed E-state index contributed by atoms with van der Waals surface area (Å²) in [5.41, 5.74) is 6.41. The topological polar surface area (TPSA) is 53.7 Å². The van der Waals surface area contributed by atoms with Gasteiger partial charge in [-0.15, -0.1) is 0 Å². The Labute approximate surface area is 136 Å². The standard InChI is InChI=1S/C18H22FNO3/c1-21-16-8-5-9-17(22-2)18(16)23-11-10-13(12-20)14-6-3-4-7-15(14)19/h3-9,13H,10-12,20H2,1-2H3. The molecule has 2 aromatic rings. The van der Waals surface area contributed by atoms with Crippen LogP contribution < -0.4 is 19.9 Å². The van der Waals surface area contributed by atoms with E-state index in [9.17, 15) is 4.39 Å². The van der Waals surface area contributed by atoms with E-state index in [0.717, 1.165) is 0 Å². The first kappa shape index (κ1) is 17.1. The van der Waals surface area contributed by atoms with Crippen molar-refractivity contribution in [2.75, 3.05) is 27.4 Å². The van der Waals surface area contributed by atoms with E-state index in [1.807, 2.05) is 12.1 Å². The molecular formula is C18H22FNO3. The molecule has 0 amide bonds. The average Bonchev–Trinajstić information content (AvgIpc) is 2.59. The van der Waals surface area contributed by atoms with Crippen molar-refractivity contribution in [3.63, 3.8) is 0 Å². The van der Waals surface area contributed by atoms with Gasteiger partial charge in [0.2, 0.25) is 5.75 Å². The fraction of sp³-hybridized carbons (Fsp3) is 0.333. The van der Waals surface area contributed by atoms with Gasteiger partial charge in [-0.2, -0.15) is 0 Å². The third kappa shape index (κ3) is 4.13. The Hall–Kier alpha value is -2.27. The molecule has 0 fully saturated rings. The van der Waals surface area contributed by atoms with Gasteiger partial charge in [0.1, 0.15) is 5.82 Å². The van der Waals surface area contributed by atoms with E-state index in [1.54, 1.807) is 38.5 Å². The van der Waals surface area contributed by atoms with Gasteiger partial charge in [0.05, 0.1) is 20.8 Å². The first-order valence-electron chi connectivity index (χ1n) is 7.49.